The largest absolute Gasteiger partial charge is 0.355 e. The zero-order chi connectivity index (χ0) is 44.6. The van der Waals surface area contributed by atoms with Gasteiger partial charge < -0.3 is 36.1 Å². The molecule has 4 aromatic carbocycles. The van der Waals surface area contributed by atoms with Crippen molar-refractivity contribution in [3.8, 4) is 11.3 Å². The van der Waals surface area contributed by atoms with Crippen molar-refractivity contribution < 1.29 is 28.8 Å². The van der Waals surface area contributed by atoms with Crippen molar-refractivity contribution in [2.24, 2.45) is 11.8 Å². The Balaban J connectivity index is 0.987. The number of anilines is 2. The minimum atomic E-state index is -0.895. The van der Waals surface area contributed by atoms with E-state index in [1.165, 1.54) is 0 Å². The summed E-state index contributed by atoms with van der Waals surface area (Å²) >= 11 is 0. The van der Waals surface area contributed by atoms with Crippen LogP contribution in [0, 0.1) is 11.8 Å². The molecule has 5 aromatic rings. The zero-order valence-corrected chi connectivity index (χ0v) is 36.4. The van der Waals surface area contributed by atoms with Gasteiger partial charge in [-0.2, -0.15) is 0 Å². The monoisotopic (exact) mass is 851 g/mol. The van der Waals surface area contributed by atoms with E-state index in [0.29, 0.717) is 61.3 Å². The lowest BCUT2D eigenvalue weighted by Gasteiger charge is -2.29. The molecule has 2 aliphatic rings. The first-order chi connectivity index (χ1) is 30.3. The van der Waals surface area contributed by atoms with Crippen LogP contribution in [-0.2, 0) is 28.8 Å². The molecule has 0 radical (unpaired) electrons. The predicted octanol–water partition coefficient (Wildman–Crippen LogP) is 7.50. The van der Waals surface area contributed by atoms with Gasteiger partial charge in [0, 0.05) is 53.9 Å². The highest BCUT2D eigenvalue weighted by atomic mass is 16.2. The summed E-state index contributed by atoms with van der Waals surface area (Å²) in [7, 11) is 0. The van der Waals surface area contributed by atoms with Gasteiger partial charge in [0.25, 0.3) is 0 Å². The molecule has 0 aliphatic carbocycles. The summed E-state index contributed by atoms with van der Waals surface area (Å²) in [5.74, 6) is -1.36. The molecule has 4 atom stereocenters. The number of nitrogens with zero attached hydrogens (tertiary/aromatic N) is 2. The topological polar surface area (TPSA) is 173 Å². The van der Waals surface area contributed by atoms with Crippen LogP contribution in [-0.4, -0.2) is 75.4 Å². The highest BCUT2D eigenvalue weighted by Crippen LogP contribution is 2.30. The van der Waals surface area contributed by atoms with Crippen LogP contribution >= 0.6 is 0 Å². The van der Waals surface area contributed by atoms with Crippen molar-refractivity contribution in [2.75, 3.05) is 23.7 Å². The SMILES string of the molecule is CC(C)CC(=O)N[C@@H](C(=O)N1CCC[C@H]1C(=O)Nc1ccc(-c2cc3cc(NC(=O)[C@@H]4CCCN4C(=O)[C@H](NC(=O)CC(C)C)c4ccccc4)ccc3[nH]2)cc1)c1ccccc1. The van der Waals surface area contributed by atoms with Gasteiger partial charge in [0.2, 0.25) is 35.4 Å². The Morgan fingerprint density at radius 1 is 0.587 bits per heavy atom. The Morgan fingerprint density at radius 3 is 1.52 bits per heavy atom. The van der Waals surface area contributed by atoms with Gasteiger partial charge in [0.15, 0.2) is 0 Å². The minimum Gasteiger partial charge on any atom is -0.355 e. The summed E-state index contributed by atoms with van der Waals surface area (Å²) in [6.45, 7) is 8.63. The first kappa shape index (κ1) is 44.3. The van der Waals surface area contributed by atoms with Crippen molar-refractivity contribution in [3.63, 3.8) is 0 Å². The van der Waals surface area contributed by atoms with E-state index in [9.17, 15) is 28.8 Å². The van der Waals surface area contributed by atoms with E-state index in [1.807, 2.05) is 137 Å². The first-order valence-electron chi connectivity index (χ1n) is 22.0. The van der Waals surface area contributed by atoms with Crippen LogP contribution in [0.1, 0.15) is 89.4 Å². The summed E-state index contributed by atoms with van der Waals surface area (Å²) in [6.07, 6.45) is 2.94. The van der Waals surface area contributed by atoms with Gasteiger partial charge in [-0.3, -0.25) is 28.8 Å². The molecule has 2 fully saturated rings. The third kappa shape index (κ3) is 10.8. The summed E-state index contributed by atoms with van der Waals surface area (Å²) < 4.78 is 0. The van der Waals surface area contributed by atoms with Crippen LogP contribution < -0.4 is 21.3 Å². The quantitative estimate of drug-likeness (QED) is 0.0730. The van der Waals surface area contributed by atoms with Crippen LogP contribution in [0.3, 0.4) is 0 Å². The Hall–Kier alpha value is -6.76. The molecule has 328 valence electrons. The number of H-pyrrole nitrogens is 1. The minimum absolute atomic E-state index is 0.127. The number of rotatable bonds is 15. The normalized spacial score (nSPS) is 17.1. The van der Waals surface area contributed by atoms with E-state index >= 15 is 0 Å². The van der Waals surface area contributed by atoms with E-state index in [0.717, 1.165) is 22.2 Å². The lowest BCUT2D eigenvalue weighted by Crippen LogP contribution is -2.48. The molecular weight excluding hydrogens is 795 g/mol. The molecule has 1 aromatic heterocycles. The lowest BCUT2D eigenvalue weighted by atomic mass is 10.0. The molecule has 0 saturated carbocycles. The van der Waals surface area contributed by atoms with Gasteiger partial charge >= 0.3 is 0 Å². The lowest BCUT2D eigenvalue weighted by molar-refractivity contribution is -0.140. The molecule has 13 nitrogen and oxygen atoms in total. The molecule has 6 amide bonds. The van der Waals surface area contributed by atoms with Crippen molar-refractivity contribution in [2.45, 2.75) is 90.4 Å². The van der Waals surface area contributed by atoms with E-state index < -0.39 is 24.2 Å². The average molecular weight is 852 g/mol. The molecule has 3 heterocycles. The van der Waals surface area contributed by atoms with E-state index in [4.69, 9.17) is 0 Å². The maximum Gasteiger partial charge on any atom is 0.250 e. The number of hydrogen-bond donors (Lipinski definition) is 5. The number of aromatic nitrogens is 1. The second-order valence-electron chi connectivity index (χ2n) is 17.4. The van der Waals surface area contributed by atoms with Crippen LogP contribution in [0.25, 0.3) is 22.2 Å². The van der Waals surface area contributed by atoms with Gasteiger partial charge in [-0.15, -0.1) is 0 Å². The summed E-state index contributed by atoms with van der Waals surface area (Å²) in [4.78, 5) is 87.7. The second-order valence-corrected chi connectivity index (χ2v) is 17.4. The molecule has 0 unspecified atom stereocenters. The standard InChI is InChI=1S/C50H57N7O6/c1-31(2)27-43(58)54-45(34-13-7-5-8-14-34)49(62)56-25-11-17-41(56)47(60)51-37-21-19-33(20-22-37)40-30-36-29-38(23-24-39(36)53-40)52-48(61)42-18-12-26-57(42)50(63)46(35-15-9-6-10-16-35)55-44(59)28-32(3)4/h5-10,13-16,19-24,29-32,41-42,45-46,53H,11-12,17-18,25-28H2,1-4H3,(H,51,60)(H,52,61)(H,54,58)(H,55,59)/t41-,42-,45+,46+/m0/s1. The molecule has 13 heteroatoms. The third-order valence-corrected chi connectivity index (χ3v) is 11.6. The number of carbonyl (C=O) groups is 6. The van der Waals surface area contributed by atoms with Crippen LogP contribution in [0.2, 0.25) is 0 Å². The summed E-state index contributed by atoms with van der Waals surface area (Å²) in [5.41, 5.74) is 5.09. The second kappa shape index (κ2) is 20.0. The van der Waals surface area contributed by atoms with E-state index in [-0.39, 0.29) is 60.1 Å². The highest BCUT2D eigenvalue weighted by molar-refractivity contribution is 6.01. The smallest absolute Gasteiger partial charge is 0.250 e. The molecule has 0 bridgehead atoms. The molecule has 63 heavy (non-hydrogen) atoms. The van der Waals surface area contributed by atoms with Crippen LogP contribution in [0.4, 0.5) is 11.4 Å². The van der Waals surface area contributed by atoms with E-state index in [1.54, 1.807) is 9.80 Å². The molecule has 0 spiro atoms. The maximum absolute atomic E-state index is 14.0. The average Bonchev–Trinajstić information content (AvgIpc) is 4.05. The van der Waals surface area contributed by atoms with Crippen LogP contribution in [0.15, 0.2) is 109 Å². The first-order valence-corrected chi connectivity index (χ1v) is 22.0. The number of fused-ring (bicyclic) bond motifs is 1. The number of nitrogens with one attached hydrogen (secondary N) is 5. The fourth-order valence-electron chi connectivity index (χ4n) is 8.54. The fraction of sp³-hybridized carbons (Fsp3) is 0.360. The van der Waals surface area contributed by atoms with Gasteiger partial charge in [-0.1, -0.05) is 100 Å². The van der Waals surface area contributed by atoms with Gasteiger partial charge in [0.1, 0.15) is 24.2 Å². The highest BCUT2D eigenvalue weighted by Gasteiger charge is 2.40. The molecule has 2 aliphatic heterocycles. The fourth-order valence-corrected chi connectivity index (χ4v) is 8.54. The summed E-state index contributed by atoms with van der Waals surface area (Å²) in [6, 6.07) is 30.1. The number of benzene rings is 4. The van der Waals surface area contributed by atoms with Crippen molar-refractivity contribution >= 4 is 57.7 Å². The Bertz CT molecular complexity index is 2430. The third-order valence-electron chi connectivity index (χ3n) is 11.6. The molecule has 7 rings (SSSR count). The van der Waals surface area contributed by atoms with Gasteiger partial charge in [-0.25, -0.2) is 0 Å². The number of amides is 6. The number of carbonyl (C=O) groups excluding carboxylic acids is 6. The Morgan fingerprint density at radius 2 is 1.05 bits per heavy atom. The zero-order valence-electron chi connectivity index (χ0n) is 36.4. The molecule has 2 saturated heterocycles. The number of hydrogen-bond acceptors (Lipinski definition) is 6. The van der Waals surface area contributed by atoms with E-state index in [2.05, 4.69) is 26.3 Å². The van der Waals surface area contributed by atoms with Gasteiger partial charge in [-0.05, 0) is 90.6 Å². The number of aromatic amines is 1. The molecule has 5 N–H and O–H groups in total. The number of likely N-dealkylation sites (tertiary alicyclic amines) is 2. The summed E-state index contributed by atoms with van der Waals surface area (Å²) in [5, 5.41) is 12.7. The van der Waals surface area contributed by atoms with Crippen molar-refractivity contribution in [1.29, 1.82) is 0 Å². The predicted molar refractivity (Wildman–Crippen MR) is 244 cm³/mol. The van der Waals surface area contributed by atoms with Crippen molar-refractivity contribution in [1.82, 2.24) is 25.4 Å². The van der Waals surface area contributed by atoms with Gasteiger partial charge in [0.05, 0.1) is 0 Å². The maximum atomic E-state index is 14.0. The Labute approximate surface area is 368 Å². The molecular formula is C50H57N7O6. The van der Waals surface area contributed by atoms with Crippen molar-refractivity contribution in [3.05, 3.63) is 120 Å². The Kier molecular flexibility index (Phi) is 14.0. The van der Waals surface area contributed by atoms with Crippen LogP contribution in [0.5, 0.6) is 0 Å².